The molecule has 0 aliphatic heterocycles. The summed E-state index contributed by atoms with van der Waals surface area (Å²) in [6, 6.07) is 7.36. The average Bonchev–Trinajstić information content (AvgIpc) is 2.62. The van der Waals surface area contributed by atoms with E-state index in [4.69, 9.17) is 16.3 Å². The normalized spacial score (nSPS) is 10.3. The van der Waals surface area contributed by atoms with E-state index in [9.17, 15) is 0 Å². The van der Waals surface area contributed by atoms with Crippen LogP contribution in [-0.4, -0.2) is 4.98 Å². The van der Waals surface area contributed by atoms with E-state index in [1.54, 1.807) is 17.4 Å². The highest BCUT2D eigenvalue weighted by atomic mass is 35.5. The van der Waals surface area contributed by atoms with E-state index < -0.39 is 0 Å². The van der Waals surface area contributed by atoms with Crippen LogP contribution >= 0.6 is 22.9 Å². The van der Waals surface area contributed by atoms with Crippen molar-refractivity contribution in [2.24, 2.45) is 0 Å². The Hall–Kier alpha value is -1.06. The Balaban J connectivity index is 1.99. The first-order chi connectivity index (χ1) is 7.24. The summed E-state index contributed by atoms with van der Waals surface area (Å²) in [5.74, 6) is 0.773. The molecule has 0 amide bonds. The predicted octanol–water partition coefficient (Wildman–Crippen LogP) is 3.68. The Morgan fingerprint density at radius 1 is 1.47 bits per heavy atom. The van der Waals surface area contributed by atoms with Crippen LogP contribution in [-0.2, 0) is 6.61 Å². The number of thiazole rings is 1. The topological polar surface area (TPSA) is 22.1 Å². The van der Waals surface area contributed by atoms with E-state index in [1.807, 2.05) is 31.3 Å². The van der Waals surface area contributed by atoms with Gasteiger partial charge in [-0.3, -0.25) is 0 Å². The van der Waals surface area contributed by atoms with Crippen molar-refractivity contribution in [3.63, 3.8) is 0 Å². The number of aryl methyl sites for hydroxylation is 1. The minimum atomic E-state index is 0.499. The minimum Gasteiger partial charge on any atom is -0.486 e. The highest BCUT2D eigenvalue weighted by Crippen LogP contribution is 2.19. The van der Waals surface area contributed by atoms with Gasteiger partial charge in [-0.05, 0) is 25.1 Å². The molecule has 1 aromatic heterocycles. The number of ether oxygens (including phenoxy) is 1. The Kier molecular flexibility index (Phi) is 3.23. The van der Waals surface area contributed by atoms with Gasteiger partial charge < -0.3 is 4.74 Å². The summed E-state index contributed by atoms with van der Waals surface area (Å²) in [6.07, 6.45) is 1.85. The second-order valence-corrected chi connectivity index (χ2v) is 4.87. The molecule has 0 aliphatic rings. The molecule has 0 atom stereocenters. The zero-order chi connectivity index (χ0) is 10.7. The largest absolute Gasteiger partial charge is 0.486 e. The molecular weight excluding hydrogens is 230 g/mol. The Morgan fingerprint density at radius 3 is 3.00 bits per heavy atom. The Morgan fingerprint density at radius 2 is 2.33 bits per heavy atom. The molecule has 0 bridgehead atoms. The van der Waals surface area contributed by atoms with Crippen molar-refractivity contribution in [1.82, 2.24) is 4.98 Å². The fourth-order valence-corrected chi connectivity index (χ4v) is 2.05. The highest BCUT2D eigenvalue weighted by Gasteiger charge is 2.00. The Labute approximate surface area is 97.5 Å². The van der Waals surface area contributed by atoms with Gasteiger partial charge >= 0.3 is 0 Å². The average molecular weight is 240 g/mol. The predicted molar refractivity (Wildman–Crippen MR) is 62.6 cm³/mol. The van der Waals surface area contributed by atoms with Gasteiger partial charge in [0, 0.05) is 16.1 Å². The van der Waals surface area contributed by atoms with Gasteiger partial charge in [0.05, 0.1) is 0 Å². The first-order valence-electron chi connectivity index (χ1n) is 4.54. The quantitative estimate of drug-likeness (QED) is 0.815. The van der Waals surface area contributed by atoms with Crippen molar-refractivity contribution in [2.45, 2.75) is 13.5 Å². The number of hydrogen-bond acceptors (Lipinski definition) is 3. The summed E-state index contributed by atoms with van der Waals surface area (Å²) >= 11 is 7.48. The van der Waals surface area contributed by atoms with Crippen LogP contribution in [0.5, 0.6) is 5.75 Å². The van der Waals surface area contributed by atoms with E-state index in [2.05, 4.69) is 4.98 Å². The van der Waals surface area contributed by atoms with E-state index in [0.29, 0.717) is 11.6 Å². The van der Waals surface area contributed by atoms with Crippen molar-refractivity contribution in [1.29, 1.82) is 0 Å². The van der Waals surface area contributed by atoms with Gasteiger partial charge in [-0.15, -0.1) is 11.3 Å². The van der Waals surface area contributed by atoms with Crippen LogP contribution in [0.25, 0.3) is 0 Å². The molecule has 4 heteroatoms. The number of nitrogens with zero attached hydrogens (tertiary/aromatic N) is 1. The SMILES string of the molecule is Cc1cnc(COc2cccc(Cl)c2)s1. The third kappa shape index (κ3) is 2.94. The van der Waals surface area contributed by atoms with Crippen molar-refractivity contribution in [3.8, 4) is 5.75 Å². The molecule has 0 spiro atoms. The van der Waals surface area contributed by atoms with Crippen LogP contribution in [0.3, 0.4) is 0 Å². The molecule has 0 saturated heterocycles. The van der Waals surface area contributed by atoms with Crippen molar-refractivity contribution >= 4 is 22.9 Å². The van der Waals surface area contributed by atoms with Gasteiger partial charge in [0.25, 0.3) is 0 Å². The van der Waals surface area contributed by atoms with Crippen LogP contribution in [0.2, 0.25) is 5.02 Å². The lowest BCUT2D eigenvalue weighted by Crippen LogP contribution is -1.93. The molecule has 0 N–H and O–H groups in total. The second kappa shape index (κ2) is 4.64. The number of halogens is 1. The molecule has 1 aromatic carbocycles. The smallest absolute Gasteiger partial charge is 0.140 e. The minimum absolute atomic E-state index is 0.499. The van der Waals surface area contributed by atoms with Gasteiger partial charge in [0.2, 0.25) is 0 Å². The van der Waals surface area contributed by atoms with Gasteiger partial charge in [0.15, 0.2) is 0 Å². The summed E-state index contributed by atoms with van der Waals surface area (Å²) in [5.41, 5.74) is 0. The first kappa shape index (κ1) is 10.5. The summed E-state index contributed by atoms with van der Waals surface area (Å²) in [6.45, 7) is 2.53. The molecule has 0 saturated carbocycles. The molecule has 15 heavy (non-hydrogen) atoms. The van der Waals surface area contributed by atoms with Crippen LogP contribution in [0, 0.1) is 6.92 Å². The second-order valence-electron chi connectivity index (χ2n) is 3.11. The fraction of sp³-hybridized carbons (Fsp3) is 0.182. The van der Waals surface area contributed by atoms with E-state index in [-0.39, 0.29) is 0 Å². The van der Waals surface area contributed by atoms with Gasteiger partial charge in [-0.2, -0.15) is 0 Å². The molecule has 78 valence electrons. The summed E-state index contributed by atoms with van der Waals surface area (Å²) in [4.78, 5) is 5.41. The number of aromatic nitrogens is 1. The van der Waals surface area contributed by atoms with Crippen LogP contribution in [0.4, 0.5) is 0 Å². The van der Waals surface area contributed by atoms with Gasteiger partial charge in [-0.1, -0.05) is 17.7 Å². The molecule has 2 nitrogen and oxygen atoms in total. The monoisotopic (exact) mass is 239 g/mol. The van der Waals surface area contributed by atoms with Crippen LogP contribution in [0.1, 0.15) is 9.88 Å². The maximum Gasteiger partial charge on any atom is 0.140 e. The molecule has 0 radical (unpaired) electrons. The summed E-state index contributed by atoms with van der Waals surface area (Å²) < 4.78 is 5.55. The number of benzene rings is 1. The lowest BCUT2D eigenvalue weighted by Gasteiger charge is -2.03. The van der Waals surface area contributed by atoms with Crippen molar-refractivity contribution < 1.29 is 4.74 Å². The zero-order valence-electron chi connectivity index (χ0n) is 8.24. The van der Waals surface area contributed by atoms with Crippen molar-refractivity contribution in [2.75, 3.05) is 0 Å². The maximum absolute atomic E-state index is 5.84. The number of hydrogen-bond donors (Lipinski definition) is 0. The lowest BCUT2D eigenvalue weighted by molar-refractivity contribution is 0.305. The molecule has 0 aliphatic carbocycles. The standard InChI is InChI=1S/C11H10ClNOS/c1-8-6-13-11(15-8)7-14-10-4-2-3-9(12)5-10/h2-6H,7H2,1H3. The molecule has 0 fully saturated rings. The fourth-order valence-electron chi connectivity index (χ4n) is 1.17. The molecule has 2 aromatic rings. The van der Waals surface area contributed by atoms with E-state index in [1.165, 1.54) is 4.88 Å². The third-order valence-electron chi connectivity index (χ3n) is 1.83. The van der Waals surface area contributed by atoms with Gasteiger partial charge in [-0.25, -0.2) is 4.98 Å². The Bertz CT molecular complexity index is 455. The molecule has 1 heterocycles. The maximum atomic E-state index is 5.84. The summed E-state index contributed by atoms with van der Waals surface area (Å²) in [5, 5.41) is 1.66. The molecular formula is C11H10ClNOS. The van der Waals surface area contributed by atoms with E-state index >= 15 is 0 Å². The highest BCUT2D eigenvalue weighted by molar-refractivity contribution is 7.11. The summed E-state index contributed by atoms with van der Waals surface area (Å²) in [7, 11) is 0. The first-order valence-corrected chi connectivity index (χ1v) is 5.73. The molecule has 0 unspecified atom stereocenters. The van der Waals surface area contributed by atoms with Crippen molar-refractivity contribution in [3.05, 3.63) is 45.4 Å². The molecule has 2 rings (SSSR count). The van der Waals surface area contributed by atoms with E-state index in [0.717, 1.165) is 10.8 Å². The number of rotatable bonds is 3. The van der Waals surface area contributed by atoms with Crippen LogP contribution in [0.15, 0.2) is 30.5 Å². The zero-order valence-corrected chi connectivity index (χ0v) is 9.81. The lowest BCUT2D eigenvalue weighted by atomic mass is 10.3. The third-order valence-corrected chi connectivity index (χ3v) is 2.95. The van der Waals surface area contributed by atoms with Gasteiger partial charge in [0.1, 0.15) is 17.4 Å². The van der Waals surface area contributed by atoms with Crippen LogP contribution < -0.4 is 4.74 Å².